The summed E-state index contributed by atoms with van der Waals surface area (Å²) in [7, 11) is 1.59. The Morgan fingerprint density at radius 2 is 1.89 bits per heavy atom. The number of nitrogens with zero attached hydrogens (tertiary/aromatic N) is 5. The summed E-state index contributed by atoms with van der Waals surface area (Å²) in [5, 5.41) is 14.7. The summed E-state index contributed by atoms with van der Waals surface area (Å²) in [6.07, 6.45) is 6.54. The van der Waals surface area contributed by atoms with Crippen molar-refractivity contribution < 1.29 is 23.0 Å². The van der Waals surface area contributed by atoms with E-state index in [2.05, 4.69) is 15.1 Å². The van der Waals surface area contributed by atoms with Gasteiger partial charge in [-0.1, -0.05) is 12.1 Å². The van der Waals surface area contributed by atoms with Gasteiger partial charge in [0.25, 0.3) is 0 Å². The lowest BCUT2D eigenvalue weighted by Gasteiger charge is -2.26. The van der Waals surface area contributed by atoms with Crippen molar-refractivity contribution in [2.45, 2.75) is 31.9 Å². The van der Waals surface area contributed by atoms with Gasteiger partial charge in [-0.25, -0.2) is 27.8 Å². The van der Waals surface area contributed by atoms with Gasteiger partial charge in [-0.05, 0) is 54.8 Å². The van der Waals surface area contributed by atoms with Gasteiger partial charge in [0.2, 0.25) is 0 Å². The first-order chi connectivity index (χ1) is 16.8. The molecule has 7 nitrogen and oxygen atoms in total. The molecular weight excluding hydrogens is 459 g/mol. The molecule has 0 bridgehead atoms. The second kappa shape index (κ2) is 9.03. The smallest absolute Gasteiger partial charge is 0.194 e. The van der Waals surface area contributed by atoms with Crippen LogP contribution in [0.5, 0.6) is 5.75 Å². The molecule has 0 saturated heterocycles. The van der Waals surface area contributed by atoms with Gasteiger partial charge in [0.05, 0.1) is 37.5 Å². The third-order valence-electron chi connectivity index (χ3n) is 5.95. The second-order valence-electron chi connectivity index (χ2n) is 8.44. The van der Waals surface area contributed by atoms with Gasteiger partial charge < -0.3 is 14.4 Å². The molecule has 0 aliphatic carbocycles. The Balaban J connectivity index is 1.44. The number of imidazole rings is 1. The minimum absolute atomic E-state index is 0.193. The van der Waals surface area contributed by atoms with E-state index >= 15 is 0 Å². The van der Waals surface area contributed by atoms with Crippen LogP contribution in [-0.4, -0.2) is 42.6 Å². The van der Waals surface area contributed by atoms with Crippen LogP contribution in [0.3, 0.4) is 0 Å². The molecule has 10 heteroatoms. The van der Waals surface area contributed by atoms with Crippen molar-refractivity contribution in [3.8, 4) is 11.4 Å². The van der Waals surface area contributed by atoms with Crippen molar-refractivity contribution in [1.82, 2.24) is 24.3 Å². The molecule has 4 aromatic rings. The van der Waals surface area contributed by atoms with Crippen molar-refractivity contribution >= 4 is 12.2 Å². The van der Waals surface area contributed by atoms with Gasteiger partial charge in [0, 0.05) is 12.1 Å². The Morgan fingerprint density at radius 3 is 2.57 bits per heavy atom. The Bertz CT molecular complexity index is 1410. The van der Waals surface area contributed by atoms with Gasteiger partial charge in [0.15, 0.2) is 23.3 Å². The zero-order valence-electron chi connectivity index (χ0n) is 19.0. The number of benzene rings is 2. The lowest BCUT2D eigenvalue weighted by Crippen LogP contribution is -2.29. The van der Waals surface area contributed by atoms with Crippen molar-refractivity contribution in [1.29, 1.82) is 0 Å². The summed E-state index contributed by atoms with van der Waals surface area (Å²) < 4.78 is 50.0. The van der Waals surface area contributed by atoms with Crippen LogP contribution in [-0.2, 0) is 6.54 Å². The van der Waals surface area contributed by atoms with E-state index in [1.807, 2.05) is 42.0 Å². The highest BCUT2D eigenvalue weighted by Crippen LogP contribution is 2.34. The number of aliphatic hydroxyl groups is 1. The SMILES string of the molecule is COc1cc(C=Cc2nc3n(n2)C[C@@H](O)C[C@@H]3c2cc(F)c(F)c(F)c2)ccc1-n1cnc(C)c1. The summed E-state index contributed by atoms with van der Waals surface area (Å²) in [6.45, 7) is 2.11. The molecule has 0 spiro atoms. The van der Waals surface area contributed by atoms with E-state index in [1.54, 1.807) is 19.5 Å². The maximum absolute atomic E-state index is 13.8. The average Bonchev–Trinajstić information content (AvgIpc) is 3.45. The lowest BCUT2D eigenvalue weighted by atomic mass is 9.89. The third-order valence-corrected chi connectivity index (χ3v) is 5.95. The number of halogens is 3. The molecule has 2 aromatic carbocycles. The molecule has 5 rings (SSSR count). The molecule has 0 fully saturated rings. The monoisotopic (exact) mass is 481 g/mol. The fourth-order valence-corrected chi connectivity index (χ4v) is 4.28. The van der Waals surface area contributed by atoms with Gasteiger partial charge in [-0.15, -0.1) is 0 Å². The second-order valence-corrected chi connectivity index (χ2v) is 8.44. The predicted octanol–water partition coefficient (Wildman–Crippen LogP) is 4.27. The van der Waals surface area contributed by atoms with E-state index in [9.17, 15) is 18.3 Å². The number of aromatic nitrogens is 5. The summed E-state index contributed by atoms with van der Waals surface area (Å²) in [6, 6.07) is 7.57. The molecule has 1 N–H and O–H groups in total. The van der Waals surface area contributed by atoms with E-state index in [1.165, 1.54) is 4.68 Å². The van der Waals surface area contributed by atoms with Crippen LogP contribution >= 0.6 is 0 Å². The Morgan fingerprint density at radius 1 is 1.11 bits per heavy atom. The predicted molar refractivity (Wildman–Crippen MR) is 123 cm³/mol. The molecule has 0 radical (unpaired) electrons. The Kier molecular flexibility index (Phi) is 5.89. The van der Waals surface area contributed by atoms with Crippen molar-refractivity contribution in [2.24, 2.45) is 0 Å². The molecule has 0 amide bonds. The highest BCUT2D eigenvalue weighted by atomic mass is 19.2. The highest BCUT2D eigenvalue weighted by molar-refractivity contribution is 5.69. The quantitative estimate of drug-likeness (QED) is 0.431. The number of methoxy groups -OCH3 is 1. The summed E-state index contributed by atoms with van der Waals surface area (Å²) >= 11 is 0. The normalized spacial score (nSPS) is 17.7. The van der Waals surface area contributed by atoms with Gasteiger partial charge >= 0.3 is 0 Å². The van der Waals surface area contributed by atoms with E-state index < -0.39 is 29.5 Å². The molecule has 1 aliphatic rings. The van der Waals surface area contributed by atoms with Crippen LogP contribution in [0, 0.1) is 24.4 Å². The number of aliphatic hydroxyl groups excluding tert-OH is 1. The van der Waals surface area contributed by atoms with Crippen molar-refractivity contribution in [3.05, 3.63) is 88.8 Å². The minimum atomic E-state index is -1.53. The molecule has 2 aromatic heterocycles. The highest BCUT2D eigenvalue weighted by Gasteiger charge is 2.31. The summed E-state index contributed by atoms with van der Waals surface area (Å²) in [4.78, 5) is 8.76. The maximum atomic E-state index is 13.8. The summed E-state index contributed by atoms with van der Waals surface area (Å²) in [5.41, 5.74) is 2.77. The fourth-order valence-electron chi connectivity index (χ4n) is 4.28. The Labute approximate surface area is 199 Å². The number of fused-ring (bicyclic) bond motifs is 1. The standard InChI is InChI=1S/C25H22F3N5O2/c1-14-11-32(13-29-14)21-5-3-15(7-22(21)35-2)4-6-23-30-25-18(10-17(34)12-33(25)31-23)16-8-19(26)24(28)20(27)9-16/h3-9,11,13,17-18,34H,10,12H2,1-2H3/t17-,18+/m0/s1. The molecule has 0 saturated carbocycles. The molecule has 35 heavy (non-hydrogen) atoms. The van der Waals surface area contributed by atoms with Crippen LogP contribution < -0.4 is 4.74 Å². The first-order valence-electron chi connectivity index (χ1n) is 11.0. The van der Waals surface area contributed by atoms with E-state index in [-0.39, 0.29) is 18.5 Å². The largest absolute Gasteiger partial charge is 0.495 e. The zero-order valence-corrected chi connectivity index (χ0v) is 19.0. The molecule has 3 heterocycles. The maximum Gasteiger partial charge on any atom is 0.194 e. The van der Waals surface area contributed by atoms with Crippen LogP contribution in [0.25, 0.3) is 17.8 Å². The number of rotatable bonds is 5. The van der Waals surface area contributed by atoms with Crippen molar-refractivity contribution in [2.75, 3.05) is 7.11 Å². The molecule has 180 valence electrons. The first-order valence-corrected chi connectivity index (χ1v) is 11.0. The average molecular weight is 481 g/mol. The molecular formula is C25H22F3N5O2. The fraction of sp³-hybridized carbons (Fsp3) is 0.240. The number of ether oxygens (including phenoxy) is 1. The number of hydrogen-bond acceptors (Lipinski definition) is 5. The zero-order chi connectivity index (χ0) is 24.7. The van der Waals surface area contributed by atoms with Gasteiger partial charge in [-0.3, -0.25) is 0 Å². The number of aryl methyl sites for hydroxylation is 1. The van der Waals surface area contributed by atoms with Crippen LogP contribution in [0.15, 0.2) is 42.9 Å². The van der Waals surface area contributed by atoms with Crippen molar-refractivity contribution in [3.63, 3.8) is 0 Å². The van der Waals surface area contributed by atoms with Crippen LogP contribution in [0.1, 0.15) is 40.8 Å². The molecule has 1 aliphatic heterocycles. The molecule has 2 atom stereocenters. The minimum Gasteiger partial charge on any atom is -0.495 e. The topological polar surface area (TPSA) is 78.0 Å². The third kappa shape index (κ3) is 4.44. The first kappa shape index (κ1) is 22.9. The van der Waals surface area contributed by atoms with E-state index in [0.29, 0.717) is 17.4 Å². The van der Waals surface area contributed by atoms with E-state index in [4.69, 9.17) is 4.74 Å². The molecule has 0 unspecified atom stereocenters. The Hall–Kier alpha value is -3.92. The van der Waals surface area contributed by atoms with Gasteiger partial charge in [-0.2, -0.15) is 5.10 Å². The number of hydrogen-bond donors (Lipinski definition) is 1. The summed E-state index contributed by atoms with van der Waals surface area (Å²) in [5.74, 6) is -3.25. The lowest BCUT2D eigenvalue weighted by molar-refractivity contribution is 0.117. The van der Waals surface area contributed by atoms with E-state index in [0.717, 1.165) is 29.1 Å². The van der Waals surface area contributed by atoms with Crippen LogP contribution in [0.2, 0.25) is 0 Å². The van der Waals surface area contributed by atoms with Gasteiger partial charge in [0.1, 0.15) is 11.6 Å². The van der Waals surface area contributed by atoms with Crippen LogP contribution in [0.4, 0.5) is 13.2 Å².